The van der Waals surface area contributed by atoms with Crippen molar-refractivity contribution in [1.29, 1.82) is 0 Å². The molecule has 2 atom stereocenters. The van der Waals surface area contributed by atoms with Crippen molar-refractivity contribution in [1.82, 2.24) is 4.90 Å². The minimum Gasteiger partial charge on any atom is -0.303 e. The van der Waals surface area contributed by atoms with Gasteiger partial charge in [0.15, 0.2) is 0 Å². The maximum absolute atomic E-state index is 4.72. The highest BCUT2D eigenvalue weighted by atomic mass is 15.1. The summed E-state index contributed by atoms with van der Waals surface area (Å²) in [6.45, 7) is 3.81. The van der Waals surface area contributed by atoms with E-state index in [4.69, 9.17) is 4.99 Å². The third-order valence-electron chi connectivity index (χ3n) is 6.62. The second-order valence-corrected chi connectivity index (χ2v) is 8.42. The van der Waals surface area contributed by atoms with Crippen LogP contribution in [0.4, 0.5) is 0 Å². The highest BCUT2D eigenvalue weighted by Crippen LogP contribution is 2.30. The molecule has 2 fully saturated rings. The molecule has 140 valence electrons. The van der Waals surface area contributed by atoms with E-state index in [0.717, 1.165) is 5.92 Å². The first kappa shape index (κ1) is 17.9. The van der Waals surface area contributed by atoms with Crippen molar-refractivity contribution in [2.75, 3.05) is 19.6 Å². The fourth-order valence-corrected chi connectivity index (χ4v) is 5.06. The highest BCUT2D eigenvalue weighted by Gasteiger charge is 2.29. The molecule has 0 N–H and O–H groups in total. The van der Waals surface area contributed by atoms with Crippen molar-refractivity contribution >= 4 is 12.1 Å². The zero-order chi connectivity index (χ0) is 17.6. The van der Waals surface area contributed by atoms with Gasteiger partial charge in [-0.3, -0.25) is 4.99 Å². The summed E-state index contributed by atoms with van der Waals surface area (Å²) in [5, 5.41) is 0. The number of rotatable bonds is 6. The predicted molar refractivity (Wildman–Crippen MR) is 110 cm³/mol. The zero-order valence-corrected chi connectivity index (χ0v) is 16.0. The summed E-state index contributed by atoms with van der Waals surface area (Å²) in [7, 11) is 0. The molecular formula is C23H33N3. The molecule has 3 heteroatoms. The van der Waals surface area contributed by atoms with Crippen molar-refractivity contribution < 1.29 is 0 Å². The van der Waals surface area contributed by atoms with Gasteiger partial charge in [0.1, 0.15) is 6.34 Å². The number of piperidine rings is 1. The number of fused-ring (bicyclic) bond motifs is 1. The van der Waals surface area contributed by atoms with Gasteiger partial charge in [0.05, 0.1) is 6.04 Å². The summed E-state index contributed by atoms with van der Waals surface area (Å²) in [5.74, 6) is 1.53. The molecular weight excluding hydrogens is 318 g/mol. The Morgan fingerprint density at radius 2 is 1.85 bits per heavy atom. The molecule has 0 radical (unpaired) electrons. The van der Waals surface area contributed by atoms with Crippen LogP contribution in [-0.4, -0.2) is 42.6 Å². The number of hydrogen-bond donors (Lipinski definition) is 0. The lowest BCUT2D eigenvalue weighted by Gasteiger charge is -2.34. The molecule has 2 unspecified atom stereocenters. The normalized spacial score (nSPS) is 27.2. The van der Waals surface area contributed by atoms with E-state index in [1.807, 2.05) is 6.34 Å². The van der Waals surface area contributed by atoms with Gasteiger partial charge in [0, 0.05) is 11.6 Å². The van der Waals surface area contributed by atoms with Gasteiger partial charge in [0.25, 0.3) is 0 Å². The quantitative estimate of drug-likeness (QED) is 0.726. The molecule has 1 aromatic carbocycles. The molecule has 1 saturated heterocycles. The van der Waals surface area contributed by atoms with E-state index in [0.29, 0.717) is 12.0 Å². The topological polar surface area (TPSA) is 28.0 Å². The van der Waals surface area contributed by atoms with Gasteiger partial charge < -0.3 is 4.90 Å². The minimum absolute atomic E-state index is 0.512. The molecule has 1 aliphatic carbocycles. The third-order valence-corrected chi connectivity index (χ3v) is 6.62. The average molecular weight is 352 g/mol. The van der Waals surface area contributed by atoms with E-state index in [1.54, 1.807) is 0 Å². The number of benzene rings is 1. The number of aliphatic imine (C=N–C) groups is 2. The van der Waals surface area contributed by atoms with E-state index in [-0.39, 0.29) is 0 Å². The molecule has 1 saturated carbocycles. The van der Waals surface area contributed by atoms with Crippen LogP contribution >= 0.6 is 0 Å². The number of hydrogen-bond acceptors (Lipinski definition) is 3. The van der Waals surface area contributed by atoms with Gasteiger partial charge in [0.2, 0.25) is 0 Å². The first-order valence-electron chi connectivity index (χ1n) is 10.7. The Morgan fingerprint density at radius 1 is 1.00 bits per heavy atom. The summed E-state index contributed by atoms with van der Waals surface area (Å²) in [6.07, 6.45) is 13.6. The Labute approximate surface area is 158 Å². The maximum Gasteiger partial charge on any atom is 0.110 e. The van der Waals surface area contributed by atoms with Crippen molar-refractivity contribution in [2.45, 2.75) is 63.8 Å². The summed E-state index contributed by atoms with van der Waals surface area (Å²) >= 11 is 0. The second kappa shape index (κ2) is 8.94. The van der Waals surface area contributed by atoms with E-state index in [1.165, 1.54) is 88.7 Å². The first-order chi connectivity index (χ1) is 12.9. The van der Waals surface area contributed by atoms with Gasteiger partial charge in [-0.15, -0.1) is 0 Å². The summed E-state index contributed by atoms with van der Waals surface area (Å²) < 4.78 is 0. The zero-order valence-electron chi connectivity index (χ0n) is 16.0. The maximum atomic E-state index is 4.72. The van der Waals surface area contributed by atoms with Gasteiger partial charge in [-0.2, -0.15) is 0 Å². The molecule has 0 spiro atoms. The van der Waals surface area contributed by atoms with Crippen molar-refractivity contribution in [3.63, 3.8) is 0 Å². The van der Waals surface area contributed by atoms with Crippen molar-refractivity contribution in [3.8, 4) is 0 Å². The Balaban J connectivity index is 1.16. The largest absolute Gasteiger partial charge is 0.303 e. The van der Waals surface area contributed by atoms with Crippen LogP contribution in [0.1, 0.15) is 56.9 Å². The van der Waals surface area contributed by atoms with Crippen LogP contribution in [-0.2, 0) is 6.42 Å². The van der Waals surface area contributed by atoms with E-state index >= 15 is 0 Å². The van der Waals surface area contributed by atoms with Crippen LogP contribution in [0.25, 0.3) is 0 Å². The van der Waals surface area contributed by atoms with Gasteiger partial charge >= 0.3 is 0 Å². The van der Waals surface area contributed by atoms with Crippen molar-refractivity contribution in [3.05, 3.63) is 35.9 Å². The molecule has 0 aromatic heterocycles. The number of nitrogens with zero attached hydrogens (tertiary/aromatic N) is 3. The molecule has 4 rings (SSSR count). The van der Waals surface area contributed by atoms with Gasteiger partial charge in [-0.05, 0) is 82.5 Å². The molecule has 26 heavy (non-hydrogen) atoms. The van der Waals surface area contributed by atoms with Gasteiger partial charge in [-0.1, -0.05) is 36.8 Å². The van der Waals surface area contributed by atoms with Crippen LogP contribution in [0.3, 0.4) is 0 Å². The fraction of sp³-hybridized carbons (Fsp3) is 0.652. The molecule has 0 amide bonds. The smallest absolute Gasteiger partial charge is 0.110 e. The monoisotopic (exact) mass is 351 g/mol. The lowest BCUT2D eigenvalue weighted by molar-refractivity contribution is 0.179. The Kier molecular flexibility index (Phi) is 6.16. The van der Waals surface area contributed by atoms with Gasteiger partial charge in [-0.25, -0.2) is 4.99 Å². The standard InChI is InChI=1S/C23H33N3/c1-2-7-19(8-3-1)17-20-12-15-26(16-13-20)14-6-11-23-21-9-4-5-10-22(21)24-18-25-23/h1-3,7-8,18,20-21,23H,4-6,9-17H2. The van der Waals surface area contributed by atoms with Crippen LogP contribution in [0.15, 0.2) is 40.3 Å². The average Bonchev–Trinajstić information content (AvgIpc) is 2.70. The lowest BCUT2D eigenvalue weighted by atomic mass is 9.80. The van der Waals surface area contributed by atoms with E-state index < -0.39 is 0 Å². The lowest BCUT2D eigenvalue weighted by Crippen LogP contribution is -2.36. The molecule has 2 aliphatic heterocycles. The van der Waals surface area contributed by atoms with E-state index in [2.05, 4.69) is 40.2 Å². The molecule has 0 bridgehead atoms. The second-order valence-electron chi connectivity index (χ2n) is 8.42. The summed E-state index contributed by atoms with van der Waals surface area (Å²) in [6, 6.07) is 11.5. The molecule has 3 aliphatic rings. The fourth-order valence-electron chi connectivity index (χ4n) is 5.06. The third kappa shape index (κ3) is 4.62. The Bertz CT molecular complexity index is 614. The van der Waals surface area contributed by atoms with Crippen LogP contribution in [0, 0.1) is 11.8 Å². The highest BCUT2D eigenvalue weighted by molar-refractivity contribution is 5.94. The Morgan fingerprint density at radius 3 is 2.69 bits per heavy atom. The Hall–Kier alpha value is -1.48. The predicted octanol–water partition coefficient (Wildman–Crippen LogP) is 4.76. The summed E-state index contributed by atoms with van der Waals surface area (Å²) in [5.41, 5.74) is 2.95. The minimum atomic E-state index is 0.512. The van der Waals surface area contributed by atoms with Crippen molar-refractivity contribution in [2.24, 2.45) is 21.8 Å². The first-order valence-corrected chi connectivity index (χ1v) is 10.7. The number of likely N-dealkylation sites (tertiary alicyclic amines) is 1. The SMILES string of the molecule is C1=NC(CCCN2CCC(Cc3ccccc3)CC2)C2CCCCC2=N1. The van der Waals surface area contributed by atoms with E-state index in [9.17, 15) is 0 Å². The molecule has 1 aromatic rings. The summed E-state index contributed by atoms with van der Waals surface area (Å²) in [4.78, 5) is 12.0. The van der Waals surface area contributed by atoms with Crippen LogP contribution in [0.2, 0.25) is 0 Å². The molecule has 3 nitrogen and oxygen atoms in total. The molecule has 2 heterocycles. The van der Waals surface area contributed by atoms with Crippen LogP contribution < -0.4 is 0 Å². The van der Waals surface area contributed by atoms with Crippen LogP contribution in [0.5, 0.6) is 0 Å².